The van der Waals surface area contributed by atoms with E-state index in [4.69, 9.17) is 9.16 Å². The lowest BCUT2D eigenvalue weighted by atomic mass is 9.89. The summed E-state index contributed by atoms with van der Waals surface area (Å²) < 4.78 is 91.1. The number of carboxylic acid groups (broad SMARTS) is 1. The standard InChI is InChI=1S/C32H43F6NO5Si/c1-29(2,3)43-28(42)39-25(18-21-11-15-24(16-12-21)32(36,37)38)26(44-45(7,8)30(4,5)6)19-22(27(40)41)17-20-9-13-23(14-10-20)31(33,34)35/h9-16,22,25-26H,17-19H2,1-8H3,(H,39,42)(H,40,41)/t22-,25+,26+/m0/s1. The lowest BCUT2D eigenvalue weighted by molar-refractivity contribution is -0.143. The molecule has 0 aliphatic carbocycles. The molecule has 0 radical (unpaired) electrons. The highest BCUT2D eigenvalue weighted by Gasteiger charge is 2.43. The molecule has 0 bridgehead atoms. The van der Waals surface area contributed by atoms with E-state index < -0.39 is 67.5 Å². The van der Waals surface area contributed by atoms with Crippen molar-refractivity contribution in [1.82, 2.24) is 5.32 Å². The zero-order chi connectivity index (χ0) is 34.6. The minimum Gasteiger partial charge on any atom is -0.481 e. The normalized spacial score (nSPS) is 15.2. The van der Waals surface area contributed by atoms with Gasteiger partial charge in [0.15, 0.2) is 8.32 Å². The fourth-order valence-corrected chi connectivity index (χ4v) is 5.70. The fourth-order valence-electron chi connectivity index (χ4n) is 4.33. The van der Waals surface area contributed by atoms with Crippen LogP contribution in [-0.4, -0.2) is 43.2 Å². The number of alkyl halides is 6. The Morgan fingerprint density at radius 3 is 1.56 bits per heavy atom. The highest BCUT2D eigenvalue weighted by atomic mass is 28.4. The highest BCUT2D eigenvalue weighted by Crippen LogP contribution is 2.39. The monoisotopic (exact) mass is 663 g/mol. The summed E-state index contributed by atoms with van der Waals surface area (Å²) in [6.45, 7) is 14.8. The summed E-state index contributed by atoms with van der Waals surface area (Å²) in [6.07, 6.45) is -11.1. The van der Waals surface area contributed by atoms with Crippen molar-refractivity contribution in [2.45, 2.75) is 109 Å². The number of carboxylic acids is 1. The maximum Gasteiger partial charge on any atom is 0.416 e. The zero-order valence-electron chi connectivity index (χ0n) is 26.8. The first-order chi connectivity index (χ1) is 20.3. The van der Waals surface area contributed by atoms with Gasteiger partial charge in [-0.1, -0.05) is 45.0 Å². The van der Waals surface area contributed by atoms with Crippen molar-refractivity contribution >= 4 is 20.4 Å². The number of halogens is 6. The van der Waals surface area contributed by atoms with Crippen LogP contribution in [0.5, 0.6) is 0 Å². The van der Waals surface area contributed by atoms with Crippen LogP contribution in [0.4, 0.5) is 31.1 Å². The van der Waals surface area contributed by atoms with Gasteiger partial charge in [-0.2, -0.15) is 26.3 Å². The van der Waals surface area contributed by atoms with Crippen molar-refractivity contribution in [3.63, 3.8) is 0 Å². The van der Waals surface area contributed by atoms with Gasteiger partial charge in [-0.3, -0.25) is 4.79 Å². The Balaban J connectivity index is 2.55. The van der Waals surface area contributed by atoms with E-state index in [1.807, 2.05) is 33.9 Å². The van der Waals surface area contributed by atoms with Crippen molar-refractivity contribution in [2.24, 2.45) is 5.92 Å². The first-order valence-electron chi connectivity index (χ1n) is 14.5. The minimum atomic E-state index is -4.55. The molecule has 0 aliphatic heterocycles. The molecular formula is C32H43F6NO5Si. The van der Waals surface area contributed by atoms with E-state index in [9.17, 15) is 41.0 Å². The molecule has 0 unspecified atom stereocenters. The number of benzene rings is 2. The molecule has 6 nitrogen and oxygen atoms in total. The zero-order valence-corrected chi connectivity index (χ0v) is 27.8. The number of hydrogen-bond donors (Lipinski definition) is 2. The summed E-state index contributed by atoms with van der Waals surface area (Å²) in [6, 6.07) is 7.70. The number of amides is 1. The Kier molecular flexibility index (Phi) is 12.0. The summed E-state index contributed by atoms with van der Waals surface area (Å²) in [5.74, 6) is -2.35. The van der Waals surface area contributed by atoms with Crippen LogP contribution in [0.2, 0.25) is 18.1 Å². The maximum atomic E-state index is 13.2. The van der Waals surface area contributed by atoms with E-state index in [0.29, 0.717) is 11.1 Å². The van der Waals surface area contributed by atoms with Gasteiger partial charge in [0.1, 0.15) is 5.60 Å². The molecule has 13 heteroatoms. The fraction of sp³-hybridized carbons (Fsp3) is 0.562. The molecule has 0 aliphatic rings. The van der Waals surface area contributed by atoms with Crippen LogP contribution in [-0.2, 0) is 39.2 Å². The van der Waals surface area contributed by atoms with Gasteiger partial charge in [0.05, 0.1) is 29.2 Å². The van der Waals surface area contributed by atoms with E-state index in [-0.39, 0.29) is 24.3 Å². The Labute approximate surface area is 261 Å². The lowest BCUT2D eigenvalue weighted by Gasteiger charge is -2.42. The Morgan fingerprint density at radius 1 is 0.778 bits per heavy atom. The van der Waals surface area contributed by atoms with Gasteiger partial charge in [-0.15, -0.1) is 0 Å². The molecule has 0 aromatic heterocycles. The predicted octanol–water partition coefficient (Wildman–Crippen LogP) is 8.88. The molecule has 2 rings (SSSR count). The number of aliphatic carboxylic acids is 1. The Morgan fingerprint density at radius 2 is 1.20 bits per heavy atom. The minimum absolute atomic E-state index is 0.0106. The third kappa shape index (κ3) is 12.0. The molecule has 0 saturated heterocycles. The molecule has 2 aromatic rings. The Hall–Kier alpha value is -3.06. The van der Waals surface area contributed by atoms with Crippen LogP contribution in [0.15, 0.2) is 48.5 Å². The quantitative estimate of drug-likeness (QED) is 0.185. The smallest absolute Gasteiger partial charge is 0.416 e. The third-order valence-electron chi connectivity index (χ3n) is 7.77. The number of alkyl carbamates (subject to hydrolysis) is 1. The predicted molar refractivity (Wildman–Crippen MR) is 161 cm³/mol. The molecule has 0 spiro atoms. The van der Waals surface area contributed by atoms with Gasteiger partial charge in [0, 0.05) is 0 Å². The van der Waals surface area contributed by atoms with Gasteiger partial charge >= 0.3 is 24.4 Å². The summed E-state index contributed by atoms with van der Waals surface area (Å²) in [7, 11) is -2.66. The molecule has 0 heterocycles. The number of carbonyl (C=O) groups is 2. The van der Waals surface area contributed by atoms with Crippen LogP contribution in [0, 0.1) is 5.92 Å². The highest BCUT2D eigenvalue weighted by molar-refractivity contribution is 6.74. The van der Waals surface area contributed by atoms with Crippen molar-refractivity contribution in [3.05, 3.63) is 70.8 Å². The molecule has 252 valence electrons. The average molecular weight is 664 g/mol. The molecule has 0 fully saturated rings. The van der Waals surface area contributed by atoms with Crippen LogP contribution in [0.3, 0.4) is 0 Å². The average Bonchev–Trinajstić information content (AvgIpc) is 2.85. The van der Waals surface area contributed by atoms with Crippen molar-refractivity contribution < 1.29 is 50.2 Å². The summed E-state index contributed by atoms with van der Waals surface area (Å²) in [4.78, 5) is 25.5. The first kappa shape index (κ1) is 38.1. The van der Waals surface area contributed by atoms with Crippen molar-refractivity contribution in [2.75, 3.05) is 0 Å². The number of carbonyl (C=O) groups excluding carboxylic acids is 1. The number of hydrogen-bond acceptors (Lipinski definition) is 4. The number of nitrogens with one attached hydrogen (secondary N) is 1. The first-order valence-corrected chi connectivity index (χ1v) is 17.4. The topological polar surface area (TPSA) is 84.9 Å². The van der Waals surface area contributed by atoms with Gasteiger partial charge in [0.25, 0.3) is 0 Å². The Bertz CT molecular complexity index is 1280. The number of ether oxygens (including phenoxy) is 1. The van der Waals surface area contributed by atoms with Gasteiger partial charge in [0.2, 0.25) is 0 Å². The number of rotatable bonds is 11. The van der Waals surface area contributed by atoms with E-state index in [1.165, 1.54) is 24.3 Å². The van der Waals surface area contributed by atoms with E-state index in [2.05, 4.69) is 5.32 Å². The summed E-state index contributed by atoms with van der Waals surface area (Å²) in [5.41, 5.74) is -1.80. The van der Waals surface area contributed by atoms with E-state index >= 15 is 0 Å². The van der Waals surface area contributed by atoms with Crippen LogP contribution in [0.25, 0.3) is 0 Å². The van der Waals surface area contributed by atoms with Crippen LogP contribution < -0.4 is 5.32 Å². The molecule has 45 heavy (non-hydrogen) atoms. The molecule has 3 atom stereocenters. The third-order valence-corrected chi connectivity index (χ3v) is 12.3. The maximum absolute atomic E-state index is 13.2. The second-order valence-electron chi connectivity index (χ2n) is 13.7. The molecule has 2 N–H and O–H groups in total. The van der Waals surface area contributed by atoms with E-state index in [0.717, 1.165) is 24.3 Å². The largest absolute Gasteiger partial charge is 0.481 e. The van der Waals surface area contributed by atoms with Crippen molar-refractivity contribution in [3.8, 4) is 0 Å². The van der Waals surface area contributed by atoms with Gasteiger partial charge < -0.3 is 19.6 Å². The van der Waals surface area contributed by atoms with Crippen LogP contribution >= 0.6 is 0 Å². The van der Waals surface area contributed by atoms with E-state index in [1.54, 1.807) is 20.8 Å². The summed E-state index contributed by atoms with van der Waals surface area (Å²) >= 11 is 0. The van der Waals surface area contributed by atoms with Gasteiger partial charge in [-0.25, -0.2) is 4.79 Å². The SMILES string of the molecule is CC(C)(C)OC(=O)N[C@H](Cc1ccc(C(F)(F)F)cc1)[C@@H](C[C@H](Cc1ccc(C(F)(F)F)cc1)C(=O)O)O[Si](C)(C)C(C)(C)C. The molecule has 2 aromatic carbocycles. The molecular weight excluding hydrogens is 620 g/mol. The lowest BCUT2D eigenvalue weighted by Crippen LogP contribution is -2.54. The molecule has 1 amide bonds. The molecule has 0 saturated carbocycles. The second kappa shape index (κ2) is 14.1. The van der Waals surface area contributed by atoms with Crippen LogP contribution in [0.1, 0.15) is 70.2 Å². The van der Waals surface area contributed by atoms with Crippen molar-refractivity contribution in [1.29, 1.82) is 0 Å². The summed E-state index contributed by atoms with van der Waals surface area (Å²) in [5, 5.41) is 12.6. The second-order valence-corrected chi connectivity index (χ2v) is 18.5. The van der Waals surface area contributed by atoms with Gasteiger partial charge in [-0.05, 0) is 93.6 Å².